The van der Waals surface area contributed by atoms with Crippen LogP contribution in [0.2, 0.25) is 0 Å². The van der Waals surface area contributed by atoms with E-state index in [9.17, 15) is 15.0 Å². The summed E-state index contributed by atoms with van der Waals surface area (Å²) in [5, 5.41) is 29.5. The summed E-state index contributed by atoms with van der Waals surface area (Å²) in [7, 11) is 0. The average molecular weight is 424 g/mol. The van der Waals surface area contributed by atoms with E-state index in [0.29, 0.717) is 29.1 Å². The van der Waals surface area contributed by atoms with Crippen molar-refractivity contribution in [3.63, 3.8) is 0 Å². The van der Waals surface area contributed by atoms with Crippen LogP contribution in [0.25, 0.3) is 6.08 Å². The molecule has 0 saturated carbocycles. The third-order valence-corrected chi connectivity index (χ3v) is 4.57. The van der Waals surface area contributed by atoms with Gasteiger partial charge >= 0.3 is 0 Å². The molecule has 0 atom stereocenters. The lowest BCUT2D eigenvalue weighted by Gasteiger charge is -2.22. The summed E-state index contributed by atoms with van der Waals surface area (Å²) in [4.78, 5) is 14.3. The lowest BCUT2D eigenvalue weighted by Crippen LogP contribution is -2.33. The van der Waals surface area contributed by atoms with Crippen LogP contribution in [0, 0.1) is 5.41 Å². The van der Waals surface area contributed by atoms with Gasteiger partial charge in [0.05, 0.1) is 12.8 Å². The van der Waals surface area contributed by atoms with Gasteiger partial charge in [0.25, 0.3) is 0 Å². The quantitative estimate of drug-likeness (QED) is 0.242. The van der Waals surface area contributed by atoms with Crippen molar-refractivity contribution in [2.45, 2.75) is 19.0 Å². The van der Waals surface area contributed by atoms with Gasteiger partial charge in [-0.2, -0.15) is 0 Å². The van der Waals surface area contributed by atoms with Crippen molar-refractivity contribution in [1.82, 2.24) is 0 Å². The first-order valence-electron chi connectivity index (χ1n) is 9.83. The highest BCUT2D eigenvalue weighted by Gasteiger charge is 2.16. The minimum absolute atomic E-state index is 0.0168. The molecule has 2 rings (SSSR count). The smallest absolute Gasteiger partial charge is 0.227 e. The number of carbonyl (C=O) groups is 1. The van der Waals surface area contributed by atoms with E-state index in [-0.39, 0.29) is 31.2 Å². The average Bonchev–Trinajstić information content (AvgIpc) is 2.74. The summed E-state index contributed by atoms with van der Waals surface area (Å²) >= 11 is 0. The van der Waals surface area contributed by atoms with Crippen molar-refractivity contribution < 1.29 is 15.0 Å². The van der Waals surface area contributed by atoms with E-state index in [1.807, 2.05) is 12.1 Å². The topological polar surface area (TPSA) is 149 Å². The maximum absolute atomic E-state index is 12.8. The van der Waals surface area contributed by atoms with Crippen molar-refractivity contribution in [2.24, 2.45) is 11.5 Å². The minimum atomic E-state index is -0.770. The van der Waals surface area contributed by atoms with Gasteiger partial charge in [-0.25, -0.2) is 0 Å². The molecule has 0 heterocycles. The number of anilines is 2. The zero-order valence-corrected chi connectivity index (χ0v) is 17.3. The number of benzene rings is 2. The van der Waals surface area contributed by atoms with Gasteiger partial charge < -0.3 is 37.3 Å². The number of nitrogens with one attached hydrogen (secondary N) is 2. The molecule has 0 bridgehead atoms. The highest BCUT2D eigenvalue weighted by Crippen LogP contribution is 2.25. The predicted molar refractivity (Wildman–Crippen MR) is 125 cm³/mol. The number of aliphatic hydroxyl groups is 1. The Morgan fingerprint density at radius 1 is 1.19 bits per heavy atom. The lowest BCUT2D eigenvalue weighted by molar-refractivity contribution is -0.118. The largest absolute Gasteiger partial charge is 0.507 e. The van der Waals surface area contributed by atoms with Crippen LogP contribution < -0.4 is 21.7 Å². The summed E-state index contributed by atoms with van der Waals surface area (Å²) in [6.07, 6.45) is 4.39. The van der Waals surface area contributed by atoms with Gasteiger partial charge in [-0.1, -0.05) is 30.9 Å². The first-order valence-corrected chi connectivity index (χ1v) is 9.83. The molecule has 0 fully saturated rings. The number of hydrogen-bond acceptors (Lipinski definition) is 7. The highest BCUT2D eigenvalue weighted by atomic mass is 16.3. The van der Waals surface area contributed by atoms with E-state index in [2.05, 4.69) is 11.9 Å². The number of carbonyl (C=O) groups excluding carboxylic acids is 1. The van der Waals surface area contributed by atoms with E-state index < -0.39 is 6.17 Å². The number of nitrogens with two attached hydrogens (primary N) is 2. The Kier molecular flexibility index (Phi) is 8.95. The van der Waals surface area contributed by atoms with Crippen LogP contribution in [0.3, 0.4) is 0 Å². The molecule has 0 unspecified atom stereocenters. The molecule has 8 N–H and O–H groups in total. The first-order chi connectivity index (χ1) is 14.8. The number of nitrogens with zero attached hydrogens (tertiary/aromatic N) is 1. The fourth-order valence-corrected chi connectivity index (χ4v) is 2.99. The Bertz CT molecular complexity index is 939. The number of phenolic OH excluding ortho intramolecular Hbond substituents is 1. The van der Waals surface area contributed by atoms with Crippen LogP contribution in [-0.4, -0.2) is 35.5 Å². The van der Waals surface area contributed by atoms with Crippen LogP contribution in [0.15, 0.2) is 60.8 Å². The fraction of sp³-hybridized carbons (Fsp3) is 0.217. The highest BCUT2D eigenvalue weighted by molar-refractivity contribution is 5.93. The van der Waals surface area contributed by atoms with Gasteiger partial charge in [-0.3, -0.25) is 4.79 Å². The molecule has 0 radical (unpaired) electrons. The Hall–Kier alpha value is -3.46. The Labute approximate surface area is 182 Å². The number of aromatic hydroxyl groups is 1. The molecule has 31 heavy (non-hydrogen) atoms. The van der Waals surface area contributed by atoms with Crippen LogP contribution in [0.4, 0.5) is 11.4 Å². The van der Waals surface area contributed by atoms with Crippen LogP contribution in [-0.2, 0) is 4.79 Å². The number of rotatable bonds is 11. The summed E-state index contributed by atoms with van der Waals surface area (Å²) in [6.45, 7) is 3.97. The van der Waals surface area contributed by atoms with Gasteiger partial charge in [-0.15, -0.1) is 0 Å². The summed E-state index contributed by atoms with van der Waals surface area (Å²) in [5.74, 6) is -0.163. The van der Waals surface area contributed by atoms with Crippen molar-refractivity contribution in [2.75, 3.05) is 23.4 Å². The molecule has 0 aromatic heterocycles. The monoisotopic (exact) mass is 423 g/mol. The fourth-order valence-electron chi connectivity index (χ4n) is 2.99. The molecule has 2 aromatic rings. The van der Waals surface area contributed by atoms with Crippen LogP contribution >= 0.6 is 0 Å². The van der Waals surface area contributed by atoms with Gasteiger partial charge in [-0.05, 0) is 36.3 Å². The molecular weight excluding hydrogens is 394 g/mol. The predicted octanol–water partition coefficient (Wildman–Crippen LogP) is 2.70. The van der Waals surface area contributed by atoms with Gasteiger partial charge in [0.15, 0.2) is 0 Å². The van der Waals surface area contributed by atoms with Gasteiger partial charge in [0.1, 0.15) is 5.75 Å². The Balaban J connectivity index is 1.98. The van der Waals surface area contributed by atoms with Crippen molar-refractivity contribution >= 4 is 29.6 Å². The second-order valence-electron chi connectivity index (χ2n) is 6.91. The molecule has 0 aliphatic carbocycles. The molecule has 164 valence electrons. The zero-order chi connectivity index (χ0) is 22.8. The zero-order valence-electron chi connectivity index (χ0n) is 17.3. The van der Waals surface area contributed by atoms with Gasteiger partial charge in [0.2, 0.25) is 5.91 Å². The van der Waals surface area contributed by atoms with E-state index in [1.54, 1.807) is 36.4 Å². The van der Waals surface area contributed by atoms with E-state index in [4.69, 9.17) is 16.9 Å². The maximum Gasteiger partial charge on any atom is 0.227 e. The number of aliphatic hydroxyl groups excluding tert-OH is 1. The van der Waals surface area contributed by atoms with Crippen LogP contribution in [0.5, 0.6) is 5.75 Å². The maximum atomic E-state index is 12.8. The molecule has 8 heteroatoms. The van der Waals surface area contributed by atoms with Crippen LogP contribution in [0.1, 0.15) is 30.1 Å². The van der Waals surface area contributed by atoms with Crippen molar-refractivity contribution in [3.05, 3.63) is 71.9 Å². The molecule has 0 saturated heterocycles. The molecular formula is C23H29N5O3. The third kappa shape index (κ3) is 7.07. The summed E-state index contributed by atoms with van der Waals surface area (Å²) in [5.41, 5.74) is 14.4. The summed E-state index contributed by atoms with van der Waals surface area (Å²) in [6, 6.07) is 12.1. The van der Waals surface area contributed by atoms with Crippen molar-refractivity contribution in [1.29, 1.82) is 5.41 Å². The molecule has 1 amide bonds. The normalized spacial score (nSPS) is 11.0. The molecule has 8 nitrogen and oxygen atoms in total. The lowest BCUT2D eigenvalue weighted by atomic mass is 10.1. The Morgan fingerprint density at radius 2 is 1.90 bits per heavy atom. The van der Waals surface area contributed by atoms with Gasteiger partial charge in [0, 0.05) is 47.9 Å². The first kappa shape index (κ1) is 23.8. The number of phenols is 1. The SMILES string of the molecule is C=C(CCC(=O)N(CCO)c1ccc(/C=C\C=N)cc1)Nc1ccc(C(N)N)c(O)c1. The van der Waals surface area contributed by atoms with Crippen molar-refractivity contribution in [3.8, 4) is 5.75 Å². The summed E-state index contributed by atoms with van der Waals surface area (Å²) < 4.78 is 0. The second kappa shape index (κ2) is 11.7. The minimum Gasteiger partial charge on any atom is -0.507 e. The number of allylic oxidation sites excluding steroid dienone is 2. The third-order valence-electron chi connectivity index (χ3n) is 4.57. The number of hydrogen-bond donors (Lipinski definition) is 6. The van der Waals surface area contributed by atoms with E-state index in [0.717, 1.165) is 5.56 Å². The van der Waals surface area contributed by atoms with E-state index in [1.165, 1.54) is 17.2 Å². The standard InChI is InChI=1S/C23H29N5O3/c1-16(27-18-7-10-20(23(25)26)21(30)15-18)4-11-22(31)28(13-14-29)19-8-5-17(6-9-19)3-2-12-24/h2-3,5-10,12,15,23-24,27,29-30H,1,4,11,13-14,25-26H2/b3-2-,24-12?. The number of amides is 1. The molecule has 0 aliphatic rings. The molecule has 0 spiro atoms. The van der Waals surface area contributed by atoms with E-state index >= 15 is 0 Å². The molecule has 0 aliphatic heterocycles. The molecule has 2 aromatic carbocycles. The Morgan fingerprint density at radius 3 is 2.48 bits per heavy atom. The second-order valence-corrected chi connectivity index (χ2v) is 6.91.